The van der Waals surface area contributed by atoms with Gasteiger partial charge in [-0.05, 0) is 93.4 Å². The van der Waals surface area contributed by atoms with Crippen molar-refractivity contribution in [1.82, 2.24) is 20.6 Å². The van der Waals surface area contributed by atoms with E-state index in [4.69, 9.17) is 9.26 Å². The van der Waals surface area contributed by atoms with E-state index in [1.807, 2.05) is 121 Å². The van der Waals surface area contributed by atoms with Crippen LogP contribution in [0.15, 0.2) is 155 Å². The molecule has 234 valence electrons. The van der Waals surface area contributed by atoms with Gasteiger partial charge in [-0.1, -0.05) is 72.8 Å². The number of hydrogen-bond acceptors (Lipinski definition) is 8. The number of aromatic nitrogens is 4. The van der Waals surface area contributed by atoms with Crippen molar-refractivity contribution in [3.63, 3.8) is 0 Å². The van der Waals surface area contributed by atoms with Gasteiger partial charge >= 0.3 is 14.9 Å². The Balaban J connectivity index is 1.23. The van der Waals surface area contributed by atoms with Crippen LogP contribution in [0.3, 0.4) is 0 Å². The Bertz CT molecular complexity index is 2040. The number of rotatable bonds is 6. The second-order valence-electron chi connectivity index (χ2n) is 11.0. The molecule has 0 spiro atoms. The molecule has 0 saturated heterocycles. The predicted molar refractivity (Wildman–Crippen MR) is 184 cm³/mol. The van der Waals surface area contributed by atoms with E-state index in [0.717, 1.165) is 0 Å². The third-order valence-corrected chi connectivity index (χ3v) is 14.1. The lowest BCUT2D eigenvalue weighted by atomic mass is 10.3. The van der Waals surface area contributed by atoms with Crippen molar-refractivity contribution >= 4 is 71.5 Å². The molecule has 7 aromatic rings. The summed E-state index contributed by atoms with van der Waals surface area (Å²) in [6.07, 6.45) is 0. The molecule has 2 aliphatic heterocycles. The van der Waals surface area contributed by atoms with Crippen LogP contribution in [0.1, 0.15) is 0 Å². The summed E-state index contributed by atoms with van der Waals surface area (Å²) in [6, 6.07) is 44.5. The predicted octanol–water partition coefficient (Wildman–Crippen LogP) is 8.07. The zero-order valence-electron chi connectivity index (χ0n) is 25.0. The number of anilines is 8. The average Bonchev–Trinajstić information content (AvgIpc) is 3.90. The summed E-state index contributed by atoms with van der Waals surface area (Å²) in [4.78, 5) is 0. The molecular weight excluding hydrogens is 646 g/mol. The molecule has 0 bridgehead atoms. The zero-order valence-corrected chi connectivity index (χ0v) is 26.8. The Hall–Kier alpha value is -5.96. The molecule has 48 heavy (non-hydrogen) atoms. The van der Waals surface area contributed by atoms with E-state index in [2.05, 4.69) is 20.6 Å². The minimum atomic E-state index is -3.76. The van der Waals surface area contributed by atoms with Gasteiger partial charge in [0.05, 0.1) is 33.4 Å². The van der Waals surface area contributed by atoms with E-state index in [-0.39, 0.29) is 0 Å². The van der Waals surface area contributed by atoms with Gasteiger partial charge in [0.15, 0.2) is 0 Å². The third-order valence-electron chi connectivity index (χ3n) is 8.32. The van der Waals surface area contributed by atoms with E-state index in [9.17, 15) is 0 Å². The van der Waals surface area contributed by atoms with Crippen LogP contribution in [-0.4, -0.2) is 20.6 Å². The van der Waals surface area contributed by atoms with Gasteiger partial charge < -0.3 is 0 Å². The van der Waals surface area contributed by atoms with Crippen LogP contribution in [0.4, 0.5) is 46.0 Å². The van der Waals surface area contributed by atoms with Gasteiger partial charge in [0.2, 0.25) is 23.3 Å². The monoisotopic (exact) mass is 670 g/mol. The lowest BCUT2D eigenvalue weighted by Gasteiger charge is -2.34. The second kappa shape index (κ2) is 10.8. The first-order valence-electron chi connectivity index (χ1n) is 15.0. The first-order valence-corrected chi connectivity index (χ1v) is 18.2. The van der Waals surface area contributed by atoms with Crippen LogP contribution in [0.25, 0.3) is 0 Å². The maximum Gasteiger partial charge on any atom is 0.304 e. The Morgan fingerprint density at radius 2 is 0.583 bits per heavy atom. The molecular formula is C34H24N8O4P2. The van der Waals surface area contributed by atoms with E-state index in [0.29, 0.717) is 56.6 Å². The quantitative estimate of drug-likeness (QED) is 0.159. The number of nitrogens with zero attached hydrogens (tertiary/aromatic N) is 8. The Morgan fingerprint density at radius 1 is 0.354 bits per heavy atom. The zero-order chi connectivity index (χ0) is 32.3. The maximum atomic E-state index is 15.8. The summed E-state index contributed by atoms with van der Waals surface area (Å²) in [5.41, 5.74) is 2.60. The second-order valence-corrected chi connectivity index (χ2v) is 15.8. The van der Waals surface area contributed by atoms with Gasteiger partial charge in [0.1, 0.15) is 0 Å². The van der Waals surface area contributed by atoms with Crippen LogP contribution in [0, 0.1) is 0 Å². The fourth-order valence-corrected chi connectivity index (χ4v) is 12.0. The minimum absolute atomic E-state index is 0.329. The van der Waals surface area contributed by atoms with Crippen molar-refractivity contribution in [3.05, 3.63) is 146 Å². The Morgan fingerprint density at radius 3 is 0.812 bits per heavy atom. The standard InChI is InChI=1S/C34H24N8O4P2/c43-47(39(25-13-5-1-6-14-25)31-32(36-45-35-31)40(47)26-15-7-2-8-16-26)29-21-23-30(24-22-29)48(44)41(27-17-9-3-10-18-27)33-34(38-46-37-33)42(48)28-19-11-4-12-20-28/h1-24H. The summed E-state index contributed by atoms with van der Waals surface area (Å²) < 4.78 is 48.7. The molecule has 0 fully saturated rings. The van der Waals surface area contributed by atoms with Gasteiger partial charge in [-0.3, -0.25) is 9.13 Å². The van der Waals surface area contributed by atoms with Crippen molar-refractivity contribution in [1.29, 1.82) is 0 Å². The molecule has 0 aliphatic carbocycles. The van der Waals surface area contributed by atoms with E-state index >= 15 is 9.13 Å². The first kappa shape index (κ1) is 28.3. The van der Waals surface area contributed by atoms with Crippen molar-refractivity contribution in [3.8, 4) is 0 Å². The van der Waals surface area contributed by atoms with Crippen LogP contribution < -0.4 is 29.3 Å². The van der Waals surface area contributed by atoms with Crippen LogP contribution in [0.2, 0.25) is 0 Å². The van der Waals surface area contributed by atoms with Gasteiger partial charge in [-0.25, -0.2) is 27.9 Å². The average molecular weight is 671 g/mol. The van der Waals surface area contributed by atoms with Gasteiger partial charge in [0, 0.05) is 0 Å². The SMILES string of the molecule is O=P1(c2ccc(P3(=O)N(c4ccccc4)c4nonc4N3c3ccccc3)cc2)N(c2ccccc2)c2nonc2N1c1ccccc1. The molecule has 0 N–H and O–H groups in total. The van der Waals surface area contributed by atoms with Crippen LogP contribution in [-0.2, 0) is 9.13 Å². The van der Waals surface area contributed by atoms with Crippen LogP contribution in [0.5, 0.6) is 0 Å². The maximum absolute atomic E-state index is 15.8. The fourth-order valence-electron chi connectivity index (χ4n) is 6.28. The summed E-state index contributed by atoms with van der Waals surface area (Å²) in [5.74, 6) is 1.32. The fraction of sp³-hybridized carbons (Fsp3) is 0. The normalized spacial score (nSPS) is 15.8. The molecule has 2 aliphatic rings. The third kappa shape index (κ3) is 3.97. The molecule has 0 unspecified atom stereocenters. The van der Waals surface area contributed by atoms with Gasteiger partial charge in [-0.2, -0.15) is 0 Å². The number of hydrogen-bond donors (Lipinski definition) is 0. The van der Waals surface area contributed by atoms with Crippen molar-refractivity contribution < 1.29 is 18.4 Å². The molecule has 12 nitrogen and oxygen atoms in total. The summed E-state index contributed by atoms with van der Waals surface area (Å²) in [7, 11) is -7.52. The van der Waals surface area contributed by atoms with Crippen molar-refractivity contribution in [2.24, 2.45) is 0 Å². The topological polar surface area (TPSA) is 125 Å². The lowest BCUT2D eigenvalue weighted by Crippen LogP contribution is -2.30. The van der Waals surface area contributed by atoms with Crippen molar-refractivity contribution in [2.75, 3.05) is 18.7 Å². The highest BCUT2D eigenvalue weighted by Crippen LogP contribution is 2.70. The van der Waals surface area contributed by atoms with E-state index in [1.165, 1.54) is 0 Å². The molecule has 14 heteroatoms. The summed E-state index contributed by atoms with van der Waals surface area (Å²) in [5, 5.41) is 17.7. The molecule has 0 radical (unpaired) electrons. The van der Waals surface area contributed by atoms with E-state index in [1.54, 1.807) is 42.9 Å². The molecule has 4 heterocycles. The highest BCUT2D eigenvalue weighted by Gasteiger charge is 2.55. The van der Waals surface area contributed by atoms with Crippen LogP contribution >= 0.6 is 14.9 Å². The van der Waals surface area contributed by atoms with E-state index < -0.39 is 14.9 Å². The molecule has 0 atom stereocenters. The van der Waals surface area contributed by atoms with Gasteiger partial charge in [0.25, 0.3) is 0 Å². The molecule has 2 aromatic heterocycles. The molecule has 0 amide bonds. The number of para-hydroxylation sites is 4. The summed E-state index contributed by atoms with van der Waals surface area (Å²) >= 11 is 0. The highest BCUT2D eigenvalue weighted by molar-refractivity contribution is 7.76. The Kier molecular flexibility index (Phi) is 6.36. The first-order chi connectivity index (χ1) is 23.6. The minimum Gasteiger partial charge on any atom is -0.269 e. The molecule has 0 saturated carbocycles. The van der Waals surface area contributed by atoms with Gasteiger partial charge in [-0.15, -0.1) is 0 Å². The number of fused-ring (bicyclic) bond motifs is 2. The largest absolute Gasteiger partial charge is 0.304 e. The Labute approximate surface area is 274 Å². The molecule has 9 rings (SSSR count). The number of benzene rings is 5. The summed E-state index contributed by atoms with van der Waals surface area (Å²) in [6.45, 7) is 0. The smallest absolute Gasteiger partial charge is 0.269 e. The lowest BCUT2D eigenvalue weighted by molar-refractivity contribution is 0.309. The highest BCUT2D eigenvalue weighted by atomic mass is 31.2. The van der Waals surface area contributed by atoms with Crippen molar-refractivity contribution in [2.45, 2.75) is 0 Å². The molecule has 5 aromatic carbocycles.